The number of carbonyl (C=O) groups excluding carboxylic acids is 2. The first-order valence-corrected chi connectivity index (χ1v) is 19.3. The fourth-order valence-corrected chi connectivity index (χ4v) is 5.68. The number of aliphatic hydroxyl groups is 2. The van der Waals surface area contributed by atoms with Crippen LogP contribution in [0, 0.1) is 0 Å². The molecule has 0 saturated carbocycles. The Kier molecular flexibility index (Phi) is 27.4. The molecule has 0 aliphatic carbocycles. The molecule has 0 spiro atoms. The Morgan fingerprint density at radius 3 is 1.90 bits per heavy atom. The van der Waals surface area contributed by atoms with E-state index in [0.29, 0.717) is 12.0 Å². The van der Waals surface area contributed by atoms with Crippen molar-refractivity contribution in [1.82, 2.24) is 5.32 Å². The van der Waals surface area contributed by atoms with E-state index in [1.165, 1.54) is 95.5 Å². The van der Waals surface area contributed by atoms with Crippen molar-refractivity contribution in [3.63, 3.8) is 0 Å². The normalized spacial score (nSPS) is 14.0. The van der Waals surface area contributed by atoms with Gasteiger partial charge in [0.1, 0.15) is 0 Å². The number of aliphatic hydroxyl groups excluding tert-OH is 2. The van der Waals surface area contributed by atoms with Crippen LogP contribution in [0.2, 0.25) is 0 Å². The van der Waals surface area contributed by atoms with Crippen molar-refractivity contribution in [1.29, 1.82) is 0 Å². The van der Waals surface area contributed by atoms with Gasteiger partial charge in [0.2, 0.25) is 0 Å². The number of carbonyl (C=O) groups is 2. The lowest BCUT2D eigenvalue weighted by atomic mass is 10.0. The van der Waals surface area contributed by atoms with Crippen LogP contribution in [0.15, 0.2) is 66.3 Å². The van der Waals surface area contributed by atoms with Gasteiger partial charge in [0.15, 0.2) is 6.10 Å². The average molecular weight is 668 g/mol. The second-order valence-electron chi connectivity index (χ2n) is 13.3. The molecule has 3 atom stereocenters. The van der Waals surface area contributed by atoms with Crippen LogP contribution in [0.5, 0.6) is 0 Å². The molecule has 0 saturated heterocycles. The van der Waals surface area contributed by atoms with Crippen LogP contribution in [-0.2, 0) is 9.53 Å². The van der Waals surface area contributed by atoms with Crippen LogP contribution < -0.4 is 5.32 Å². The average Bonchev–Trinajstić information content (AvgIpc) is 3.10. The first-order chi connectivity index (χ1) is 23.4. The third-order valence-corrected chi connectivity index (χ3v) is 8.80. The number of hydrogen-bond acceptors (Lipinski definition) is 5. The van der Waals surface area contributed by atoms with Crippen molar-refractivity contribution >= 4 is 11.9 Å². The van der Waals surface area contributed by atoms with Crippen molar-refractivity contribution < 1.29 is 24.5 Å². The largest absolute Gasteiger partial charge is 0.449 e. The molecule has 0 bridgehead atoms. The van der Waals surface area contributed by atoms with E-state index in [2.05, 4.69) is 44.3 Å². The highest BCUT2D eigenvalue weighted by molar-refractivity contribution is 5.92. The summed E-state index contributed by atoms with van der Waals surface area (Å²) in [7, 11) is 0. The molecule has 1 rings (SSSR count). The summed E-state index contributed by atoms with van der Waals surface area (Å²) in [4.78, 5) is 26.1. The van der Waals surface area contributed by atoms with Gasteiger partial charge in [-0.05, 0) is 57.6 Å². The first kappa shape index (κ1) is 43.3. The molecule has 0 aliphatic rings. The molecule has 272 valence electrons. The molecule has 1 amide bonds. The lowest BCUT2D eigenvalue weighted by molar-refractivity contribution is -0.132. The Morgan fingerprint density at radius 1 is 0.750 bits per heavy atom. The summed E-state index contributed by atoms with van der Waals surface area (Å²) in [5, 5.41) is 23.4. The molecule has 6 nitrogen and oxygen atoms in total. The van der Waals surface area contributed by atoms with E-state index >= 15 is 0 Å². The molecular weight excluding hydrogens is 598 g/mol. The molecule has 0 radical (unpaired) electrons. The lowest BCUT2D eigenvalue weighted by Crippen LogP contribution is -2.49. The minimum Gasteiger partial charge on any atom is -0.449 e. The zero-order chi connectivity index (χ0) is 35.1. The van der Waals surface area contributed by atoms with Gasteiger partial charge >= 0.3 is 5.97 Å². The fraction of sp³-hybridized carbons (Fsp3) is 0.667. The van der Waals surface area contributed by atoms with Gasteiger partial charge < -0.3 is 20.3 Å². The zero-order valence-electron chi connectivity index (χ0n) is 30.7. The van der Waals surface area contributed by atoms with Crippen LogP contribution in [0.4, 0.5) is 0 Å². The Balaban J connectivity index is 2.54. The summed E-state index contributed by atoms with van der Waals surface area (Å²) < 4.78 is 5.67. The van der Waals surface area contributed by atoms with Gasteiger partial charge in [0.05, 0.1) is 24.3 Å². The maximum Gasteiger partial charge on any atom is 0.338 e. The molecule has 1 aromatic rings. The number of amides is 1. The van der Waals surface area contributed by atoms with E-state index in [9.17, 15) is 19.8 Å². The van der Waals surface area contributed by atoms with Crippen LogP contribution in [-0.4, -0.2) is 46.9 Å². The number of hydrogen-bond donors (Lipinski definition) is 3. The minimum absolute atomic E-state index is 0.383. The second-order valence-corrected chi connectivity index (χ2v) is 13.3. The standard InChI is InChI=1S/C42H69NO5/c1-4-6-8-10-12-13-14-15-16-18-20-28-34-40(48-42(47)37-31-25-22-26-32-37)41(46)43-38(35-44)39(45)33-27-21-24-30-36(3)29-23-19-17-11-9-7-5-2/h22-23,25-27,29-33,38-40,44-45H,4-21,24,28,34-35H2,1-3H3,(H,43,46)/b29-23+,33-27+,36-30+/t38-,39+,40+/m0/s1. The summed E-state index contributed by atoms with van der Waals surface area (Å²) in [6, 6.07) is 7.76. The van der Waals surface area contributed by atoms with Gasteiger partial charge in [-0.2, -0.15) is 0 Å². The lowest BCUT2D eigenvalue weighted by Gasteiger charge is -2.24. The smallest absolute Gasteiger partial charge is 0.338 e. The molecule has 6 heteroatoms. The van der Waals surface area contributed by atoms with Gasteiger partial charge in [-0.1, -0.05) is 164 Å². The van der Waals surface area contributed by atoms with Gasteiger partial charge in [-0.15, -0.1) is 0 Å². The quantitative estimate of drug-likeness (QED) is 0.0328. The summed E-state index contributed by atoms with van der Waals surface area (Å²) in [5.41, 5.74) is 1.61. The fourth-order valence-electron chi connectivity index (χ4n) is 5.68. The zero-order valence-corrected chi connectivity index (χ0v) is 30.7. The summed E-state index contributed by atoms with van der Waals surface area (Å²) in [5.74, 6) is -1.05. The topological polar surface area (TPSA) is 95.9 Å². The van der Waals surface area contributed by atoms with Crippen molar-refractivity contribution in [2.45, 2.75) is 174 Å². The highest BCUT2D eigenvalue weighted by atomic mass is 16.5. The Bertz CT molecular complexity index is 1020. The van der Waals surface area contributed by atoms with E-state index in [-0.39, 0.29) is 0 Å². The summed E-state index contributed by atoms with van der Waals surface area (Å²) in [6.07, 6.45) is 32.0. The van der Waals surface area contributed by atoms with Crippen molar-refractivity contribution in [3.8, 4) is 0 Å². The number of allylic oxidation sites excluding steroid dienone is 5. The monoisotopic (exact) mass is 668 g/mol. The predicted molar refractivity (Wildman–Crippen MR) is 201 cm³/mol. The number of esters is 1. The van der Waals surface area contributed by atoms with Crippen LogP contribution in [0.3, 0.4) is 0 Å². The molecule has 0 heterocycles. The van der Waals surface area contributed by atoms with Crippen LogP contribution in [0.1, 0.15) is 166 Å². The Morgan fingerprint density at radius 2 is 1.31 bits per heavy atom. The number of nitrogens with one attached hydrogen (secondary N) is 1. The maximum atomic E-state index is 13.3. The van der Waals surface area contributed by atoms with Crippen molar-refractivity contribution in [2.24, 2.45) is 0 Å². The molecule has 0 aromatic heterocycles. The van der Waals surface area contributed by atoms with Crippen molar-refractivity contribution in [3.05, 3.63) is 71.8 Å². The maximum absolute atomic E-state index is 13.3. The third-order valence-electron chi connectivity index (χ3n) is 8.80. The SMILES string of the molecule is CCCCCCC/C=C/C(C)=C/CC/C=C/[C@@H](O)[C@H](CO)NC(=O)[C@@H](CCCCCCCCCCCCCC)OC(=O)c1ccccc1. The Hall–Kier alpha value is -2.70. The Labute approximate surface area is 293 Å². The molecular formula is C42H69NO5. The van der Waals surface area contributed by atoms with E-state index < -0.39 is 36.7 Å². The third kappa shape index (κ3) is 22.8. The number of unbranched alkanes of at least 4 members (excludes halogenated alkanes) is 17. The minimum atomic E-state index is -1.06. The van der Waals surface area contributed by atoms with Gasteiger partial charge in [-0.25, -0.2) is 4.79 Å². The highest BCUT2D eigenvalue weighted by Gasteiger charge is 2.27. The first-order valence-electron chi connectivity index (χ1n) is 19.3. The van der Waals surface area contributed by atoms with E-state index in [0.717, 1.165) is 38.5 Å². The number of benzene rings is 1. The summed E-state index contributed by atoms with van der Waals surface area (Å²) in [6.45, 7) is 6.14. The van der Waals surface area contributed by atoms with Gasteiger partial charge in [-0.3, -0.25) is 4.79 Å². The predicted octanol–water partition coefficient (Wildman–Crippen LogP) is 10.3. The number of rotatable bonds is 30. The van der Waals surface area contributed by atoms with E-state index in [1.807, 2.05) is 12.1 Å². The van der Waals surface area contributed by atoms with E-state index in [4.69, 9.17) is 4.74 Å². The molecule has 0 aliphatic heterocycles. The van der Waals surface area contributed by atoms with Crippen LogP contribution >= 0.6 is 0 Å². The number of ether oxygens (including phenoxy) is 1. The van der Waals surface area contributed by atoms with Gasteiger partial charge in [0, 0.05) is 0 Å². The molecule has 48 heavy (non-hydrogen) atoms. The van der Waals surface area contributed by atoms with E-state index in [1.54, 1.807) is 30.3 Å². The van der Waals surface area contributed by atoms with Crippen molar-refractivity contribution in [2.75, 3.05) is 6.61 Å². The van der Waals surface area contributed by atoms with Gasteiger partial charge in [0.25, 0.3) is 5.91 Å². The second kappa shape index (κ2) is 30.4. The summed E-state index contributed by atoms with van der Waals surface area (Å²) >= 11 is 0. The molecule has 0 fully saturated rings. The molecule has 3 N–H and O–H groups in total. The molecule has 0 unspecified atom stereocenters. The van der Waals surface area contributed by atoms with Crippen LogP contribution in [0.25, 0.3) is 0 Å². The molecule has 1 aromatic carbocycles. The highest BCUT2D eigenvalue weighted by Crippen LogP contribution is 2.16.